The van der Waals surface area contributed by atoms with E-state index in [1.165, 1.54) is 11.3 Å². The van der Waals surface area contributed by atoms with Gasteiger partial charge in [0, 0.05) is 0 Å². The van der Waals surface area contributed by atoms with Crippen LogP contribution >= 0.6 is 11.3 Å². The number of carbonyl (C=O) groups is 2. The average molecular weight is 319 g/mol. The summed E-state index contributed by atoms with van der Waals surface area (Å²) in [4.78, 5) is 25.7. The van der Waals surface area contributed by atoms with E-state index in [-0.39, 0.29) is 51.4 Å². The first-order valence-electron chi connectivity index (χ1n) is 5.28. The van der Waals surface area contributed by atoms with Crippen molar-refractivity contribution in [2.45, 2.75) is 0 Å². The van der Waals surface area contributed by atoms with Gasteiger partial charge in [-0.1, -0.05) is 11.3 Å². The zero-order valence-corrected chi connectivity index (χ0v) is 14.9. The minimum atomic E-state index is -1.36. The maximum Gasteiger partial charge on any atom is 1.00 e. The number of nitrogens with one attached hydrogen (secondary N) is 2. The van der Waals surface area contributed by atoms with Crippen LogP contribution in [0.15, 0.2) is 18.2 Å². The average Bonchev–Trinajstić information content (AvgIpc) is 2.77. The number of ether oxygens (including phenoxy) is 1. The molecule has 0 saturated carbocycles. The normalized spacial score (nSPS) is 9.65. The van der Waals surface area contributed by atoms with Gasteiger partial charge in [0.2, 0.25) is 0 Å². The van der Waals surface area contributed by atoms with Gasteiger partial charge in [-0.2, -0.15) is 0 Å². The van der Waals surface area contributed by atoms with E-state index < -0.39 is 18.5 Å². The van der Waals surface area contributed by atoms with E-state index in [2.05, 4.69) is 15.6 Å². The predicted molar refractivity (Wildman–Crippen MR) is 68.2 cm³/mol. The zero-order valence-electron chi connectivity index (χ0n) is 10.9. The third-order valence-electron chi connectivity index (χ3n) is 2.21. The molecule has 0 aliphatic rings. The molecule has 2 rings (SSSR count). The number of benzene rings is 1. The van der Waals surface area contributed by atoms with Gasteiger partial charge in [-0.15, -0.1) is 0 Å². The second-order valence-corrected chi connectivity index (χ2v) is 4.56. The molecule has 0 aliphatic heterocycles. The molecule has 0 atom stereocenters. The van der Waals surface area contributed by atoms with E-state index in [9.17, 15) is 14.7 Å². The number of hydrogen-bond acceptors (Lipinski definition) is 6. The van der Waals surface area contributed by atoms with Crippen molar-refractivity contribution in [1.29, 1.82) is 0 Å². The summed E-state index contributed by atoms with van der Waals surface area (Å²) in [6.45, 7) is -0.551. The van der Waals surface area contributed by atoms with Gasteiger partial charge in [0.1, 0.15) is 5.75 Å². The minimum absolute atomic E-state index is 0. The molecular weight excluding hydrogens is 309 g/mol. The minimum Gasteiger partial charge on any atom is -0.548 e. The fourth-order valence-corrected chi connectivity index (χ4v) is 2.27. The molecule has 0 radical (unpaired) electrons. The van der Waals surface area contributed by atoms with Crippen LogP contribution in [0.25, 0.3) is 10.2 Å². The summed E-state index contributed by atoms with van der Waals surface area (Å²) in [5, 5.41) is 15.1. The molecular formula is C11H10KN3O4S. The number of carboxylic acids is 1. The molecule has 1 aromatic heterocycles. The summed E-state index contributed by atoms with van der Waals surface area (Å²) in [7, 11) is 1.56. The van der Waals surface area contributed by atoms with Crippen molar-refractivity contribution in [1.82, 2.24) is 10.3 Å². The first kappa shape index (κ1) is 17.3. The van der Waals surface area contributed by atoms with E-state index >= 15 is 0 Å². The summed E-state index contributed by atoms with van der Waals surface area (Å²) < 4.78 is 5.94. The fourth-order valence-electron chi connectivity index (χ4n) is 1.38. The fraction of sp³-hybridized carbons (Fsp3) is 0.182. The third-order valence-corrected chi connectivity index (χ3v) is 3.14. The van der Waals surface area contributed by atoms with Crippen molar-refractivity contribution in [2.75, 3.05) is 19.0 Å². The number of nitrogens with zero attached hydrogens (tertiary/aromatic N) is 1. The molecule has 2 N–H and O–H groups in total. The molecule has 0 bridgehead atoms. The summed E-state index contributed by atoms with van der Waals surface area (Å²) in [5.74, 6) is -0.659. The Morgan fingerprint density at radius 2 is 2.20 bits per heavy atom. The Bertz CT molecular complexity index is 631. The van der Waals surface area contributed by atoms with Gasteiger partial charge in [-0.3, -0.25) is 5.32 Å². The topological polar surface area (TPSA) is 103 Å². The monoisotopic (exact) mass is 319 g/mol. The number of amides is 2. The molecule has 2 amide bonds. The van der Waals surface area contributed by atoms with E-state index in [0.29, 0.717) is 10.9 Å². The van der Waals surface area contributed by atoms with E-state index in [4.69, 9.17) is 4.74 Å². The number of methoxy groups -OCH3 is 1. The third kappa shape index (κ3) is 4.68. The molecule has 0 unspecified atom stereocenters. The van der Waals surface area contributed by atoms with Gasteiger partial charge in [0.15, 0.2) is 5.13 Å². The summed E-state index contributed by atoms with van der Waals surface area (Å²) >= 11 is 1.26. The van der Waals surface area contributed by atoms with Crippen LogP contribution < -0.4 is 71.9 Å². The van der Waals surface area contributed by atoms with Crippen molar-refractivity contribution in [3.63, 3.8) is 0 Å². The molecule has 1 heterocycles. The number of aliphatic carboxylic acids is 1. The molecule has 1 aromatic carbocycles. The molecule has 0 saturated heterocycles. The van der Waals surface area contributed by atoms with Crippen LogP contribution in [0.3, 0.4) is 0 Å². The molecule has 100 valence electrons. The standard InChI is InChI=1S/C11H11N3O4S.K/c1-18-6-2-3-7-8(4-6)19-11(13-7)14-10(17)12-5-9(15)16;/h2-4H,5H2,1H3,(H,15,16)(H2,12,13,14,17);/q;+1/p-1. The Balaban J connectivity index is 0.00000200. The summed E-state index contributed by atoms with van der Waals surface area (Å²) in [6, 6.07) is 4.70. The Morgan fingerprint density at radius 1 is 1.45 bits per heavy atom. The smallest absolute Gasteiger partial charge is 0.548 e. The summed E-state index contributed by atoms with van der Waals surface area (Å²) in [5.41, 5.74) is 0.723. The van der Waals surface area contributed by atoms with Crippen molar-refractivity contribution < 1.29 is 70.8 Å². The van der Waals surface area contributed by atoms with Crippen molar-refractivity contribution in [3.8, 4) is 5.75 Å². The second-order valence-electron chi connectivity index (χ2n) is 3.53. The number of carboxylic acid groups (broad SMARTS) is 1. The number of thiazole rings is 1. The van der Waals surface area contributed by atoms with Crippen LogP contribution in [0.2, 0.25) is 0 Å². The zero-order chi connectivity index (χ0) is 13.8. The predicted octanol–water partition coefficient (Wildman–Crippen LogP) is -2.82. The molecule has 2 aromatic rings. The van der Waals surface area contributed by atoms with E-state index in [1.54, 1.807) is 25.3 Å². The van der Waals surface area contributed by atoms with Crippen LogP contribution in [0, 0.1) is 0 Å². The van der Waals surface area contributed by atoms with Crippen molar-refractivity contribution >= 4 is 38.7 Å². The number of hydrogen-bond donors (Lipinski definition) is 2. The Hall–Kier alpha value is -0.714. The number of aromatic nitrogens is 1. The van der Waals surface area contributed by atoms with Crippen molar-refractivity contribution in [2.24, 2.45) is 0 Å². The van der Waals surface area contributed by atoms with Crippen LogP contribution in [0.1, 0.15) is 0 Å². The van der Waals surface area contributed by atoms with Crippen LogP contribution in [0.4, 0.5) is 9.93 Å². The first-order valence-corrected chi connectivity index (χ1v) is 6.09. The van der Waals surface area contributed by atoms with Gasteiger partial charge in [0.05, 0.1) is 29.8 Å². The number of anilines is 1. The van der Waals surface area contributed by atoms with Gasteiger partial charge in [-0.25, -0.2) is 9.78 Å². The van der Waals surface area contributed by atoms with Crippen LogP contribution in [-0.2, 0) is 4.79 Å². The molecule has 0 fully saturated rings. The Labute approximate surface area is 161 Å². The van der Waals surface area contributed by atoms with Crippen LogP contribution in [-0.4, -0.2) is 30.6 Å². The van der Waals surface area contributed by atoms with Gasteiger partial charge in [-0.05, 0) is 18.2 Å². The molecule has 7 nitrogen and oxygen atoms in total. The SMILES string of the molecule is COc1ccc2nc(NC(=O)NCC(=O)[O-])sc2c1.[K+]. The van der Waals surface area contributed by atoms with E-state index in [0.717, 1.165) is 10.2 Å². The number of carbonyl (C=O) groups excluding carboxylic acids is 2. The number of urea groups is 1. The maximum atomic E-state index is 11.3. The summed E-state index contributed by atoms with van der Waals surface area (Å²) in [6.07, 6.45) is 0. The van der Waals surface area contributed by atoms with E-state index in [1.807, 2.05) is 0 Å². The quantitative estimate of drug-likeness (QED) is 0.592. The van der Waals surface area contributed by atoms with Crippen LogP contribution in [0.5, 0.6) is 5.75 Å². The maximum absolute atomic E-state index is 11.3. The molecule has 20 heavy (non-hydrogen) atoms. The molecule has 0 aliphatic carbocycles. The number of rotatable bonds is 4. The molecule has 0 spiro atoms. The van der Waals surface area contributed by atoms with Crippen molar-refractivity contribution in [3.05, 3.63) is 18.2 Å². The van der Waals surface area contributed by atoms with Gasteiger partial charge >= 0.3 is 57.4 Å². The largest absolute Gasteiger partial charge is 1.00 e. The van der Waals surface area contributed by atoms with Gasteiger partial charge < -0.3 is 20.0 Å². The first-order chi connectivity index (χ1) is 9.08. The Kier molecular flexibility index (Phi) is 6.86. The Morgan fingerprint density at radius 3 is 2.85 bits per heavy atom. The molecule has 9 heteroatoms. The number of fused-ring (bicyclic) bond motifs is 1. The second kappa shape index (κ2) is 7.91. The van der Waals surface area contributed by atoms with Gasteiger partial charge in [0.25, 0.3) is 0 Å².